The van der Waals surface area contributed by atoms with Gasteiger partial charge >= 0.3 is 0 Å². The monoisotopic (exact) mass is 327 g/mol. The highest BCUT2D eigenvalue weighted by atomic mass is 19.1. The van der Waals surface area contributed by atoms with Gasteiger partial charge in [-0.15, -0.1) is 0 Å². The lowest BCUT2D eigenvalue weighted by Crippen LogP contribution is -2.29. The summed E-state index contributed by atoms with van der Waals surface area (Å²) in [6.45, 7) is 0.692. The fraction of sp³-hybridized carbons (Fsp3) is 0.278. The molecule has 0 bridgehead atoms. The Labute approximate surface area is 139 Å². The summed E-state index contributed by atoms with van der Waals surface area (Å²) in [5, 5.41) is 5.59. The molecule has 3 rings (SSSR count). The van der Waals surface area contributed by atoms with Crippen LogP contribution in [0.3, 0.4) is 0 Å². The van der Waals surface area contributed by atoms with E-state index in [0.29, 0.717) is 19.5 Å². The number of nitrogens with one attached hydrogen (secondary N) is 2. The minimum absolute atomic E-state index is 0.123. The summed E-state index contributed by atoms with van der Waals surface area (Å²) < 4.78 is 12.8. The van der Waals surface area contributed by atoms with Gasteiger partial charge in [0.15, 0.2) is 0 Å². The molecule has 1 aromatic carbocycles. The Bertz CT molecular complexity index is 719. The standard InChI is InChI=1S/C18H18FN3O2/c19-13-6-4-12(5-7-13)10-21-17(23)15-9-16(15)18(24)22-11-14-3-1-2-8-20-14/h1-8,15-16H,9-11H2,(H,21,23)(H,22,24). The van der Waals surface area contributed by atoms with Gasteiger partial charge < -0.3 is 10.6 Å². The second-order valence-corrected chi connectivity index (χ2v) is 5.83. The number of amides is 2. The van der Waals surface area contributed by atoms with E-state index in [1.165, 1.54) is 12.1 Å². The Kier molecular flexibility index (Phi) is 4.84. The Balaban J connectivity index is 1.41. The maximum Gasteiger partial charge on any atom is 0.224 e. The van der Waals surface area contributed by atoms with Gasteiger partial charge in [0.2, 0.25) is 11.8 Å². The third-order valence-corrected chi connectivity index (χ3v) is 4.01. The molecule has 2 N–H and O–H groups in total. The Morgan fingerprint density at radius 2 is 1.67 bits per heavy atom. The minimum Gasteiger partial charge on any atom is -0.352 e. The predicted octanol–water partition coefficient (Wildman–Crippen LogP) is 1.79. The van der Waals surface area contributed by atoms with Gasteiger partial charge in [-0.1, -0.05) is 18.2 Å². The molecule has 0 radical (unpaired) electrons. The first-order valence-corrected chi connectivity index (χ1v) is 7.83. The Morgan fingerprint density at radius 1 is 1.00 bits per heavy atom. The van der Waals surface area contributed by atoms with Crippen LogP contribution < -0.4 is 10.6 Å². The average Bonchev–Trinajstić information content (AvgIpc) is 3.41. The Hall–Kier alpha value is -2.76. The van der Waals surface area contributed by atoms with E-state index in [9.17, 15) is 14.0 Å². The van der Waals surface area contributed by atoms with Gasteiger partial charge in [0.1, 0.15) is 5.82 Å². The third-order valence-electron chi connectivity index (χ3n) is 4.01. The molecule has 1 heterocycles. The molecule has 6 heteroatoms. The SMILES string of the molecule is O=C(NCc1ccc(F)cc1)C1CC1C(=O)NCc1ccccn1. The van der Waals surface area contributed by atoms with Crippen molar-refractivity contribution in [2.24, 2.45) is 11.8 Å². The van der Waals surface area contributed by atoms with Gasteiger partial charge in [0.05, 0.1) is 24.1 Å². The molecule has 2 atom stereocenters. The first kappa shape index (κ1) is 16.1. The number of nitrogens with zero attached hydrogens (tertiary/aromatic N) is 1. The molecule has 1 aliphatic rings. The molecule has 0 saturated heterocycles. The van der Waals surface area contributed by atoms with Crippen molar-refractivity contribution in [2.45, 2.75) is 19.5 Å². The smallest absolute Gasteiger partial charge is 0.224 e. The molecular weight excluding hydrogens is 309 g/mol. The molecule has 24 heavy (non-hydrogen) atoms. The van der Waals surface area contributed by atoms with Gasteiger partial charge in [0.25, 0.3) is 0 Å². The zero-order valence-corrected chi connectivity index (χ0v) is 13.0. The van der Waals surface area contributed by atoms with E-state index in [0.717, 1.165) is 11.3 Å². The van der Waals surface area contributed by atoms with Crippen LogP contribution in [0.4, 0.5) is 4.39 Å². The van der Waals surface area contributed by atoms with E-state index in [4.69, 9.17) is 0 Å². The summed E-state index contributed by atoms with van der Waals surface area (Å²) in [5.74, 6) is -1.13. The van der Waals surface area contributed by atoms with Gasteiger partial charge in [-0.25, -0.2) is 4.39 Å². The zero-order chi connectivity index (χ0) is 16.9. The minimum atomic E-state index is -0.308. The van der Waals surface area contributed by atoms with Crippen molar-refractivity contribution in [3.63, 3.8) is 0 Å². The number of carbonyl (C=O) groups is 2. The molecule has 0 aliphatic heterocycles. The first-order valence-electron chi connectivity index (χ1n) is 7.83. The van der Waals surface area contributed by atoms with Crippen LogP contribution >= 0.6 is 0 Å². The first-order chi connectivity index (χ1) is 11.6. The van der Waals surface area contributed by atoms with E-state index >= 15 is 0 Å². The highest BCUT2D eigenvalue weighted by Gasteiger charge is 2.47. The second kappa shape index (κ2) is 7.21. The zero-order valence-electron chi connectivity index (χ0n) is 13.0. The van der Waals surface area contributed by atoms with Crippen molar-refractivity contribution in [3.05, 3.63) is 65.7 Å². The summed E-state index contributed by atoms with van der Waals surface area (Å²) in [6.07, 6.45) is 2.23. The highest BCUT2D eigenvalue weighted by Crippen LogP contribution is 2.38. The lowest BCUT2D eigenvalue weighted by Gasteiger charge is -2.06. The number of benzene rings is 1. The quantitative estimate of drug-likeness (QED) is 0.850. The number of hydrogen-bond acceptors (Lipinski definition) is 3. The molecule has 2 unspecified atom stereocenters. The van der Waals surface area contributed by atoms with Crippen molar-refractivity contribution in [3.8, 4) is 0 Å². The van der Waals surface area contributed by atoms with Gasteiger partial charge in [-0.3, -0.25) is 14.6 Å². The molecule has 1 aromatic heterocycles. The number of carbonyl (C=O) groups excluding carboxylic acids is 2. The van der Waals surface area contributed by atoms with Crippen molar-refractivity contribution >= 4 is 11.8 Å². The van der Waals surface area contributed by atoms with Crippen molar-refractivity contribution < 1.29 is 14.0 Å². The van der Waals surface area contributed by atoms with Crippen LogP contribution in [0.25, 0.3) is 0 Å². The van der Waals surface area contributed by atoms with Crippen molar-refractivity contribution in [2.75, 3.05) is 0 Å². The predicted molar refractivity (Wildman–Crippen MR) is 85.9 cm³/mol. The van der Waals surface area contributed by atoms with Crippen molar-refractivity contribution in [1.29, 1.82) is 0 Å². The normalized spacial score (nSPS) is 18.7. The molecule has 124 valence electrons. The number of pyridine rings is 1. The highest BCUT2D eigenvalue weighted by molar-refractivity contribution is 5.92. The summed E-state index contributed by atoms with van der Waals surface area (Å²) >= 11 is 0. The number of halogens is 1. The summed E-state index contributed by atoms with van der Waals surface area (Å²) in [7, 11) is 0. The van der Waals surface area contributed by atoms with E-state index < -0.39 is 0 Å². The van der Waals surface area contributed by atoms with Crippen LogP contribution in [0, 0.1) is 17.7 Å². The fourth-order valence-corrected chi connectivity index (χ4v) is 2.51. The molecule has 1 fully saturated rings. The van der Waals surface area contributed by atoms with Crippen LogP contribution in [-0.4, -0.2) is 16.8 Å². The van der Waals surface area contributed by atoms with E-state index in [1.807, 2.05) is 18.2 Å². The van der Waals surface area contributed by atoms with Crippen LogP contribution in [-0.2, 0) is 22.7 Å². The average molecular weight is 327 g/mol. The number of aromatic nitrogens is 1. The number of hydrogen-bond donors (Lipinski definition) is 2. The van der Waals surface area contributed by atoms with Crippen LogP contribution in [0.1, 0.15) is 17.7 Å². The van der Waals surface area contributed by atoms with Crippen LogP contribution in [0.15, 0.2) is 48.7 Å². The maximum atomic E-state index is 12.8. The van der Waals surface area contributed by atoms with Gasteiger partial charge in [-0.2, -0.15) is 0 Å². The third kappa shape index (κ3) is 4.16. The van der Waals surface area contributed by atoms with E-state index in [-0.39, 0.29) is 29.5 Å². The summed E-state index contributed by atoms with van der Waals surface area (Å²) in [5.41, 5.74) is 1.60. The molecule has 2 amide bonds. The Morgan fingerprint density at radius 3 is 2.29 bits per heavy atom. The molecule has 2 aromatic rings. The molecule has 1 saturated carbocycles. The molecular formula is C18H18FN3O2. The van der Waals surface area contributed by atoms with E-state index in [2.05, 4.69) is 15.6 Å². The molecule has 1 aliphatic carbocycles. The lowest BCUT2D eigenvalue weighted by atomic mass is 10.2. The van der Waals surface area contributed by atoms with Crippen molar-refractivity contribution in [1.82, 2.24) is 15.6 Å². The van der Waals surface area contributed by atoms with Gasteiger partial charge in [0, 0.05) is 12.7 Å². The summed E-state index contributed by atoms with van der Waals surface area (Å²) in [6, 6.07) is 11.5. The van der Waals surface area contributed by atoms with Crippen LogP contribution in [0.2, 0.25) is 0 Å². The number of rotatable bonds is 6. The van der Waals surface area contributed by atoms with Gasteiger partial charge in [-0.05, 0) is 36.2 Å². The lowest BCUT2D eigenvalue weighted by molar-refractivity contribution is -0.127. The summed E-state index contributed by atoms with van der Waals surface area (Å²) in [4.78, 5) is 28.2. The molecule has 5 nitrogen and oxygen atoms in total. The topological polar surface area (TPSA) is 71.1 Å². The molecule has 0 spiro atoms. The maximum absolute atomic E-state index is 12.8. The largest absolute Gasteiger partial charge is 0.352 e. The fourth-order valence-electron chi connectivity index (χ4n) is 2.51. The second-order valence-electron chi connectivity index (χ2n) is 5.83. The van der Waals surface area contributed by atoms with E-state index in [1.54, 1.807) is 18.3 Å². The van der Waals surface area contributed by atoms with Crippen LogP contribution in [0.5, 0.6) is 0 Å².